The smallest absolute Gasteiger partial charge is 0.231 e. The minimum absolute atomic E-state index is 0.107. The first-order chi connectivity index (χ1) is 7.81. The summed E-state index contributed by atoms with van der Waals surface area (Å²) in [5, 5.41) is 12.2. The first kappa shape index (κ1) is 10.9. The second kappa shape index (κ2) is 4.95. The van der Waals surface area contributed by atoms with Crippen LogP contribution < -0.4 is 10.1 Å². The van der Waals surface area contributed by atoms with Gasteiger partial charge < -0.3 is 10.1 Å². The maximum atomic E-state index is 8.93. The van der Waals surface area contributed by atoms with Crippen molar-refractivity contribution in [2.24, 2.45) is 5.92 Å². The van der Waals surface area contributed by atoms with Crippen LogP contribution >= 0.6 is 0 Å². The highest BCUT2D eigenvalue weighted by Gasteiger charge is 2.23. The summed E-state index contributed by atoms with van der Waals surface area (Å²) < 4.78 is 5.79. The zero-order valence-electron chi connectivity index (χ0n) is 9.31. The van der Waals surface area contributed by atoms with E-state index in [0.717, 1.165) is 19.5 Å². The molecule has 0 saturated carbocycles. The molecule has 1 aromatic heterocycles. The molecule has 0 aromatic carbocycles. The van der Waals surface area contributed by atoms with Crippen LogP contribution in [-0.4, -0.2) is 24.2 Å². The average molecular weight is 217 g/mol. The molecule has 0 spiro atoms. The average Bonchev–Trinajstić information content (AvgIpc) is 2.33. The van der Waals surface area contributed by atoms with Gasteiger partial charge in [-0.3, -0.25) is 0 Å². The fourth-order valence-corrected chi connectivity index (χ4v) is 1.83. The molecule has 1 aliphatic rings. The van der Waals surface area contributed by atoms with Crippen LogP contribution in [0.1, 0.15) is 18.9 Å². The number of nitrogens with one attached hydrogen (secondary N) is 1. The van der Waals surface area contributed by atoms with Crippen molar-refractivity contribution in [2.45, 2.75) is 19.4 Å². The predicted octanol–water partition coefficient (Wildman–Crippen LogP) is 1.33. The highest BCUT2D eigenvalue weighted by atomic mass is 16.5. The molecule has 1 aliphatic heterocycles. The Labute approximate surface area is 95.3 Å². The zero-order chi connectivity index (χ0) is 11.4. The number of rotatable bonds is 2. The van der Waals surface area contributed by atoms with Crippen molar-refractivity contribution in [3.05, 3.63) is 23.9 Å². The lowest BCUT2D eigenvalue weighted by molar-refractivity contribution is 0.109. The Morgan fingerprint density at radius 1 is 1.62 bits per heavy atom. The lowest BCUT2D eigenvalue weighted by Gasteiger charge is -2.29. The summed E-state index contributed by atoms with van der Waals surface area (Å²) in [5.74, 6) is 0.945. The monoisotopic (exact) mass is 217 g/mol. The molecule has 1 saturated heterocycles. The van der Waals surface area contributed by atoms with Gasteiger partial charge in [-0.25, -0.2) is 4.98 Å². The van der Waals surface area contributed by atoms with Crippen LogP contribution in [0.4, 0.5) is 0 Å². The van der Waals surface area contributed by atoms with E-state index in [1.54, 1.807) is 18.3 Å². The molecule has 1 aromatic rings. The number of pyridine rings is 1. The van der Waals surface area contributed by atoms with E-state index in [9.17, 15) is 0 Å². The van der Waals surface area contributed by atoms with Gasteiger partial charge in [0, 0.05) is 12.7 Å². The molecular weight excluding hydrogens is 202 g/mol. The molecule has 84 valence electrons. The molecule has 0 radical (unpaired) electrons. The first-order valence-electron chi connectivity index (χ1n) is 5.53. The van der Waals surface area contributed by atoms with Crippen molar-refractivity contribution >= 4 is 0 Å². The van der Waals surface area contributed by atoms with Gasteiger partial charge in [0.05, 0.1) is 0 Å². The summed E-state index contributed by atoms with van der Waals surface area (Å²) in [6.45, 7) is 4.03. The van der Waals surface area contributed by atoms with E-state index in [1.165, 1.54) is 0 Å². The number of hydrogen-bond acceptors (Lipinski definition) is 4. The summed E-state index contributed by atoms with van der Waals surface area (Å²) in [5.41, 5.74) is 0.500. The molecule has 4 nitrogen and oxygen atoms in total. The van der Waals surface area contributed by atoms with E-state index in [4.69, 9.17) is 10.00 Å². The van der Waals surface area contributed by atoms with Crippen LogP contribution in [0.3, 0.4) is 0 Å². The van der Waals surface area contributed by atoms with Gasteiger partial charge in [0.25, 0.3) is 0 Å². The second-order valence-electron chi connectivity index (χ2n) is 4.09. The van der Waals surface area contributed by atoms with Gasteiger partial charge in [-0.05, 0) is 31.0 Å². The van der Waals surface area contributed by atoms with E-state index >= 15 is 0 Å². The summed E-state index contributed by atoms with van der Waals surface area (Å²) in [4.78, 5) is 4.11. The molecule has 2 atom stereocenters. The quantitative estimate of drug-likeness (QED) is 0.812. The van der Waals surface area contributed by atoms with Crippen molar-refractivity contribution in [3.63, 3.8) is 0 Å². The third-order valence-corrected chi connectivity index (χ3v) is 2.91. The molecule has 0 aliphatic carbocycles. The number of nitrogens with zero attached hydrogens (tertiary/aromatic N) is 2. The summed E-state index contributed by atoms with van der Waals surface area (Å²) in [7, 11) is 0. The Kier molecular flexibility index (Phi) is 3.37. The topological polar surface area (TPSA) is 57.9 Å². The van der Waals surface area contributed by atoms with E-state index < -0.39 is 0 Å². The summed E-state index contributed by atoms with van der Waals surface area (Å²) in [6.07, 6.45) is 2.85. The highest BCUT2D eigenvalue weighted by molar-refractivity contribution is 5.37. The van der Waals surface area contributed by atoms with Gasteiger partial charge in [-0.2, -0.15) is 5.26 Å². The SMILES string of the molecule is CC1CCNCC1Oc1ncccc1C#N. The highest BCUT2D eigenvalue weighted by Crippen LogP contribution is 2.20. The van der Waals surface area contributed by atoms with Crippen molar-refractivity contribution in [3.8, 4) is 11.9 Å². The standard InChI is InChI=1S/C12H15N3O/c1-9-4-6-14-8-11(9)16-12-10(7-13)3-2-5-15-12/h2-3,5,9,11,14H,4,6,8H2,1H3. The molecule has 4 heteroatoms. The van der Waals surface area contributed by atoms with Crippen molar-refractivity contribution < 1.29 is 4.74 Å². The first-order valence-corrected chi connectivity index (χ1v) is 5.53. The Bertz CT molecular complexity index is 399. The van der Waals surface area contributed by atoms with E-state index in [2.05, 4.69) is 23.3 Å². The van der Waals surface area contributed by atoms with Gasteiger partial charge in [0.1, 0.15) is 17.7 Å². The molecule has 16 heavy (non-hydrogen) atoms. The van der Waals surface area contributed by atoms with Crippen LogP contribution in [0.15, 0.2) is 18.3 Å². The Morgan fingerprint density at radius 2 is 2.50 bits per heavy atom. The van der Waals surface area contributed by atoms with Crippen LogP contribution in [-0.2, 0) is 0 Å². The molecule has 2 heterocycles. The fraction of sp³-hybridized carbons (Fsp3) is 0.500. The van der Waals surface area contributed by atoms with Gasteiger partial charge in [0.2, 0.25) is 5.88 Å². The van der Waals surface area contributed by atoms with E-state index in [1.807, 2.05) is 0 Å². The molecular formula is C12H15N3O. The van der Waals surface area contributed by atoms with Crippen molar-refractivity contribution in [1.82, 2.24) is 10.3 Å². The Balaban J connectivity index is 2.11. The number of nitriles is 1. The van der Waals surface area contributed by atoms with Crippen molar-refractivity contribution in [1.29, 1.82) is 5.26 Å². The molecule has 1 N–H and O–H groups in total. The number of piperidine rings is 1. The minimum atomic E-state index is 0.107. The molecule has 0 bridgehead atoms. The van der Waals surface area contributed by atoms with E-state index in [-0.39, 0.29) is 6.10 Å². The molecule has 1 fully saturated rings. The van der Waals surface area contributed by atoms with Crippen molar-refractivity contribution in [2.75, 3.05) is 13.1 Å². The number of aromatic nitrogens is 1. The van der Waals surface area contributed by atoms with Crippen LogP contribution in [0.2, 0.25) is 0 Å². The maximum absolute atomic E-state index is 8.93. The Morgan fingerprint density at radius 3 is 3.25 bits per heavy atom. The van der Waals surface area contributed by atoms with Gasteiger partial charge in [0.15, 0.2) is 0 Å². The lowest BCUT2D eigenvalue weighted by atomic mass is 9.97. The number of ether oxygens (including phenoxy) is 1. The second-order valence-corrected chi connectivity index (χ2v) is 4.09. The fourth-order valence-electron chi connectivity index (χ4n) is 1.83. The van der Waals surface area contributed by atoms with Gasteiger partial charge >= 0.3 is 0 Å². The Hall–Kier alpha value is -1.60. The summed E-state index contributed by atoms with van der Waals surface area (Å²) in [6, 6.07) is 5.56. The minimum Gasteiger partial charge on any atom is -0.472 e. The summed E-state index contributed by atoms with van der Waals surface area (Å²) >= 11 is 0. The molecule has 0 amide bonds. The lowest BCUT2D eigenvalue weighted by Crippen LogP contribution is -2.43. The third kappa shape index (κ3) is 2.31. The van der Waals surface area contributed by atoms with Crippen LogP contribution in [0.25, 0.3) is 0 Å². The third-order valence-electron chi connectivity index (χ3n) is 2.91. The normalized spacial score (nSPS) is 24.8. The predicted molar refractivity (Wildman–Crippen MR) is 60.0 cm³/mol. The van der Waals surface area contributed by atoms with E-state index in [0.29, 0.717) is 17.4 Å². The van der Waals surface area contributed by atoms with Gasteiger partial charge in [-0.1, -0.05) is 6.92 Å². The number of hydrogen-bond donors (Lipinski definition) is 1. The zero-order valence-corrected chi connectivity index (χ0v) is 9.31. The molecule has 2 unspecified atom stereocenters. The van der Waals surface area contributed by atoms with Gasteiger partial charge in [-0.15, -0.1) is 0 Å². The maximum Gasteiger partial charge on any atom is 0.231 e. The van der Waals surface area contributed by atoms with Crippen LogP contribution in [0.5, 0.6) is 5.88 Å². The molecule has 2 rings (SSSR count). The van der Waals surface area contributed by atoms with Crippen LogP contribution in [0, 0.1) is 17.2 Å². The largest absolute Gasteiger partial charge is 0.472 e.